The third kappa shape index (κ3) is 4.21. The van der Waals surface area contributed by atoms with Crippen molar-refractivity contribution in [2.75, 3.05) is 13.2 Å². The fourth-order valence-corrected chi connectivity index (χ4v) is 4.76. The molecule has 0 aliphatic heterocycles. The summed E-state index contributed by atoms with van der Waals surface area (Å²) in [6, 6.07) is 4.38. The molecule has 1 aromatic carbocycles. The summed E-state index contributed by atoms with van der Waals surface area (Å²) in [5.41, 5.74) is 3.65. The summed E-state index contributed by atoms with van der Waals surface area (Å²) < 4.78 is 8.93. The second-order valence-electron chi connectivity index (χ2n) is 6.95. The number of benzene rings is 1. The molecule has 3 rings (SSSR count). The third-order valence-corrected chi connectivity index (χ3v) is 6.17. The van der Waals surface area contributed by atoms with Gasteiger partial charge in [0.25, 0.3) is 5.91 Å². The highest BCUT2D eigenvalue weighted by atomic mass is 32.1. The molecule has 0 saturated heterocycles. The number of aryl methyl sites for hydroxylation is 2. The van der Waals surface area contributed by atoms with E-state index in [0.29, 0.717) is 13.2 Å². The Balaban J connectivity index is 2.02. The molecule has 0 spiro atoms. The maximum absolute atomic E-state index is 12.7. The Morgan fingerprint density at radius 3 is 2.76 bits per heavy atom. The molecule has 1 fully saturated rings. The van der Waals surface area contributed by atoms with Gasteiger partial charge in [0.2, 0.25) is 0 Å². The molecular weight excluding hydrogens is 332 g/mol. The SMILES string of the molecule is CCOCCn1c(=NC(=O)C2CCCCC2)sc2c(C)cc(C)cc21. The van der Waals surface area contributed by atoms with Crippen LogP contribution in [0.5, 0.6) is 0 Å². The standard InChI is InChI=1S/C20H28N2O2S/c1-4-24-11-10-22-17-13-14(2)12-15(3)18(17)25-20(22)21-19(23)16-8-6-5-7-9-16/h12-13,16H,4-11H2,1-3H3. The first-order chi connectivity index (χ1) is 12.1. The summed E-state index contributed by atoms with van der Waals surface area (Å²) in [5.74, 6) is 0.174. The highest BCUT2D eigenvalue weighted by molar-refractivity contribution is 7.16. The molecule has 1 aliphatic rings. The zero-order valence-electron chi connectivity index (χ0n) is 15.5. The highest BCUT2D eigenvalue weighted by Crippen LogP contribution is 2.26. The van der Waals surface area contributed by atoms with Crippen molar-refractivity contribution in [1.82, 2.24) is 4.57 Å². The lowest BCUT2D eigenvalue weighted by Gasteiger charge is -2.17. The first kappa shape index (κ1) is 18.3. The van der Waals surface area contributed by atoms with Crippen molar-refractivity contribution in [3.05, 3.63) is 28.1 Å². The van der Waals surface area contributed by atoms with Crippen molar-refractivity contribution >= 4 is 27.5 Å². The zero-order chi connectivity index (χ0) is 17.8. The lowest BCUT2D eigenvalue weighted by Crippen LogP contribution is -2.23. The van der Waals surface area contributed by atoms with Crippen molar-refractivity contribution in [3.8, 4) is 0 Å². The number of ether oxygens (including phenoxy) is 1. The molecule has 0 atom stereocenters. The van der Waals surface area contributed by atoms with Gasteiger partial charge in [-0.25, -0.2) is 0 Å². The number of hydrogen-bond donors (Lipinski definition) is 0. The first-order valence-electron chi connectivity index (χ1n) is 9.37. The minimum absolute atomic E-state index is 0.0609. The van der Waals surface area contributed by atoms with E-state index in [1.54, 1.807) is 11.3 Å². The number of rotatable bonds is 5. The van der Waals surface area contributed by atoms with Crippen molar-refractivity contribution in [2.45, 2.75) is 59.4 Å². The number of thiazole rings is 1. The number of carbonyl (C=O) groups excluding carboxylic acids is 1. The van der Waals surface area contributed by atoms with E-state index in [-0.39, 0.29) is 11.8 Å². The van der Waals surface area contributed by atoms with Gasteiger partial charge >= 0.3 is 0 Å². The van der Waals surface area contributed by atoms with Gasteiger partial charge in [-0.2, -0.15) is 4.99 Å². The largest absolute Gasteiger partial charge is 0.380 e. The molecular formula is C20H28N2O2S. The number of carbonyl (C=O) groups is 1. The number of fused-ring (bicyclic) bond motifs is 1. The van der Waals surface area contributed by atoms with Crippen LogP contribution in [-0.2, 0) is 16.1 Å². The van der Waals surface area contributed by atoms with E-state index in [1.165, 1.54) is 22.2 Å². The minimum Gasteiger partial charge on any atom is -0.380 e. The van der Waals surface area contributed by atoms with Gasteiger partial charge < -0.3 is 9.30 Å². The van der Waals surface area contributed by atoms with Gasteiger partial charge in [-0.05, 0) is 50.8 Å². The fraction of sp³-hybridized carbons (Fsp3) is 0.600. The van der Waals surface area contributed by atoms with Gasteiger partial charge in [0.05, 0.1) is 16.8 Å². The molecule has 4 nitrogen and oxygen atoms in total. The third-order valence-electron chi connectivity index (χ3n) is 4.94. The normalized spacial score (nSPS) is 16.7. The maximum atomic E-state index is 12.7. The quantitative estimate of drug-likeness (QED) is 0.744. The first-order valence-corrected chi connectivity index (χ1v) is 10.2. The van der Waals surface area contributed by atoms with Gasteiger partial charge in [-0.3, -0.25) is 4.79 Å². The molecule has 0 unspecified atom stereocenters. The number of amides is 1. The van der Waals surface area contributed by atoms with E-state index < -0.39 is 0 Å². The summed E-state index contributed by atoms with van der Waals surface area (Å²) in [7, 11) is 0. The number of hydrogen-bond acceptors (Lipinski definition) is 3. The van der Waals surface area contributed by atoms with Crippen LogP contribution in [0.2, 0.25) is 0 Å². The van der Waals surface area contributed by atoms with Crippen LogP contribution in [0.25, 0.3) is 10.2 Å². The predicted molar refractivity (Wildman–Crippen MR) is 103 cm³/mol. The van der Waals surface area contributed by atoms with E-state index in [0.717, 1.165) is 42.5 Å². The van der Waals surface area contributed by atoms with Gasteiger partial charge in [0, 0.05) is 19.1 Å². The molecule has 1 aromatic heterocycles. The molecule has 25 heavy (non-hydrogen) atoms. The summed E-state index contributed by atoms with van der Waals surface area (Å²) in [6.45, 7) is 8.32. The van der Waals surface area contributed by atoms with Crippen LogP contribution < -0.4 is 4.80 Å². The van der Waals surface area contributed by atoms with E-state index in [1.807, 2.05) is 6.92 Å². The second kappa shape index (κ2) is 8.28. The van der Waals surface area contributed by atoms with E-state index in [4.69, 9.17) is 4.74 Å². The van der Waals surface area contributed by atoms with Crippen molar-refractivity contribution in [3.63, 3.8) is 0 Å². The van der Waals surface area contributed by atoms with Gasteiger partial charge in [0.1, 0.15) is 0 Å². The van der Waals surface area contributed by atoms with Gasteiger partial charge in [-0.15, -0.1) is 0 Å². The fourth-order valence-electron chi connectivity index (χ4n) is 3.65. The molecule has 0 N–H and O–H groups in total. The molecule has 136 valence electrons. The Kier molecular flexibility index (Phi) is 6.07. The monoisotopic (exact) mass is 360 g/mol. The Labute approximate surface area is 153 Å². The topological polar surface area (TPSA) is 43.6 Å². The Bertz CT molecular complexity index is 813. The summed E-state index contributed by atoms with van der Waals surface area (Å²) in [5, 5.41) is 0. The number of nitrogens with zero attached hydrogens (tertiary/aromatic N) is 2. The van der Waals surface area contributed by atoms with Crippen LogP contribution in [0, 0.1) is 19.8 Å². The van der Waals surface area contributed by atoms with Crippen LogP contribution in [0.3, 0.4) is 0 Å². The molecule has 0 bridgehead atoms. The second-order valence-corrected chi connectivity index (χ2v) is 7.93. The number of aromatic nitrogens is 1. The summed E-state index contributed by atoms with van der Waals surface area (Å²) in [4.78, 5) is 18.0. The molecule has 1 aliphatic carbocycles. The molecule has 1 saturated carbocycles. The van der Waals surface area contributed by atoms with Crippen LogP contribution in [0.4, 0.5) is 0 Å². The van der Waals surface area contributed by atoms with Crippen LogP contribution in [0.15, 0.2) is 17.1 Å². The van der Waals surface area contributed by atoms with E-state index in [2.05, 4.69) is 35.5 Å². The lowest BCUT2D eigenvalue weighted by atomic mass is 9.89. The molecule has 2 aromatic rings. The van der Waals surface area contributed by atoms with Crippen LogP contribution in [0.1, 0.15) is 50.2 Å². The van der Waals surface area contributed by atoms with E-state index in [9.17, 15) is 4.79 Å². The lowest BCUT2D eigenvalue weighted by molar-refractivity contribution is -0.122. The Morgan fingerprint density at radius 1 is 1.28 bits per heavy atom. The van der Waals surface area contributed by atoms with Crippen LogP contribution in [-0.4, -0.2) is 23.7 Å². The predicted octanol–water partition coefficient (Wildman–Crippen LogP) is 4.36. The van der Waals surface area contributed by atoms with Crippen LogP contribution >= 0.6 is 11.3 Å². The summed E-state index contributed by atoms with van der Waals surface area (Å²) >= 11 is 1.63. The molecule has 1 amide bonds. The molecule has 1 heterocycles. The Morgan fingerprint density at radius 2 is 2.04 bits per heavy atom. The van der Waals surface area contributed by atoms with Crippen molar-refractivity contribution in [2.24, 2.45) is 10.9 Å². The van der Waals surface area contributed by atoms with E-state index >= 15 is 0 Å². The summed E-state index contributed by atoms with van der Waals surface area (Å²) in [6.07, 6.45) is 5.54. The van der Waals surface area contributed by atoms with Gasteiger partial charge in [-0.1, -0.05) is 36.7 Å². The maximum Gasteiger partial charge on any atom is 0.251 e. The zero-order valence-corrected chi connectivity index (χ0v) is 16.3. The van der Waals surface area contributed by atoms with Crippen molar-refractivity contribution in [1.29, 1.82) is 0 Å². The average Bonchev–Trinajstić information content (AvgIpc) is 2.94. The molecule has 5 heteroatoms. The highest BCUT2D eigenvalue weighted by Gasteiger charge is 2.21. The minimum atomic E-state index is 0.0609. The average molecular weight is 361 g/mol. The Hall–Kier alpha value is -1.46. The van der Waals surface area contributed by atoms with Crippen molar-refractivity contribution < 1.29 is 9.53 Å². The smallest absolute Gasteiger partial charge is 0.251 e. The van der Waals surface area contributed by atoms with Gasteiger partial charge in [0.15, 0.2) is 4.80 Å². The molecule has 0 radical (unpaired) electrons.